The Hall–Kier alpha value is -4.72. The Morgan fingerprint density at radius 3 is 2.15 bits per heavy atom. The largest absolute Gasteiger partial charge is 0.309 e. The van der Waals surface area contributed by atoms with Gasteiger partial charge in [0.05, 0.1) is 13.0 Å². The van der Waals surface area contributed by atoms with E-state index >= 15 is 0 Å². The molecule has 4 aromatic rings. The minimum Gasteiger partial charge on any atom is -0.309 e. The molecule has 1 saturated carbocycles. The zero-order chi connectivity index (χ0) is 28.6. The topological polar surface area (TPSA) is 122 Å². The summed E-state index contributed by atoms with van der Waals surface area (Å²) in [4.78, 5) is 28.0. The van der Waals surface area contributed by atoms with E-state index in [2.05, 4.69) is 64.1 Å². The quantitative estimate of drug-likeness (QED) is 0.176. The molecule has 8 nitrogen and oxygen atoms in total. The number of carbonyl (C=O) groups excluding carboxylic acids is 2. The summed E-state index contributed by atoms with van der Waals surface area (Å²) in [5, 5.41) is 10.8. The van der Waals surface area contributed by atoms with E-state index in [1.807, 2.05) is 35.2 Å². The molecule has 41 heavy (non-hydrogen) atoms. The highest BCUT2D eigenvalue weighted by Gasteiger charge is 2.20. The number of rotatable bonds is 10. The average Bonchev–Trinajstić information content (AvgIpc) is 3.03. The number of nitrogens with one attached hydrogen (secondary N) is 3. The highest BCUT2D eigenvalue weighted by Crippen LogP contribution is 2.33. The molecular weight excluding hydrogens is 512 g/mol. The molecule has 0 heterocycles. The summed E-state index contributed by atoms with van der Waals surface area (Å²) >= 11 is 0. The van der Waals surface area contributed by atoms with Crippen molar-refractivity contribution >= 4 is 28.3 Å². The van der Waals surface area contributed by atoms with Gasteiger partial charge in [0.15, 0.2) is 0 Å². The Bertz CT molecular complexity index is 1520. The summed E-state index contributed by atoms with van der Waals surface area (Å²) < 4.78 is 0. The van der Waals surface area contributed by atoms with Crippen molar-refractivity contribution < 1.29 is 9.59 Å². The van der Waals surface area contributed by atoms with Crippen LogP contribution in [0.2, 0.25) is 0 Å². The number of amides is 2. The van der Waals surface area contributed by atoms with Crippen LogP contribution in [0.3, 0.4) is 0 Å². The van der Waals surface area contributed by atoms with Crippen LogP contribution in [0.15, 0.2) is 101 Å². The van der Waals surface area contributed by atoms with E-state index in [4.69, 9.17) is 11.1 Å². The fourth-order valence-electron chi connectivity index (χ4n) is 5.54. The van der Waals surface area contributed by atoms with Crippen LogP contribution < -0.4 is 10.2 Å². The van der Waals surface area contributed by atoms with Crippen LogP contribution in [0.25, 0.3) is 10.8 Å². The van der Waals surface area contributed by atoms with E-state index in [9.17, 15) is 9.59 Å². The van der Waals surface area contributed by atoms with Gasteiger partial charge in [-0.1, -0.05) is 86.0 Å². The number of anilines is 1. The third kappa shape index (κ3) is 6.90. The van der Waals surface area contributed by atoms with E-state index < -0.39 is 12.2 Å². The summed E-state index contributed by atoms with van der Waals surface area (Å²) in [6.07, 6.45) is 5.32. The molecule has 4 aromatic carbocycles. The fourth-order valence-corrected chi connectivity index (χ4v) is 5.54. The average molecular weight is 547 g/mol. The molecule has 1 fully saturated rings. The first-order valence-electron chi connectivity index (χ1n) is 14.0. The van der Waals surface area contributed by atoms with Gasteiger partial charge in [0.1, 0.15) is 0 Å². The molecule has 3 N–H and O–H groups in total. The second-order valence-corrected chi connectivity index (χ2v) is 10.6. The second kappa shape index (κ2) is 13.1. The minimum atomic E-state index is -1.23. The van der Waals surface area contributed by atoms with E-state index in [0.717, 1.165) is 27.6 Å². The van der Waals surface area contributed by atoms with Crippen molar-refractivity contribution in [1.82, 2.24) is 5.32 Å². The Balaban J connectivity index is 1.37. The van der Waals surface area contributed by atoms with Crippen molar-refractivity contribution in [2.45, 2.75) is 57.3 Å². The Labute approximate surface area is 239 Å². The molecule has 2 amide bonds. The first-order valence-corrected chi connectivity index (χ1v) is 14.0. The predicted molar refractivity (Wildman–Crippen MR) is 159 cm³/mol. The molecule has 5 rings (SSSR count). The third-order valence-electron chi connectivity index (χ3n) is 7.81. The molecule has 0 radical (unpaired) electrons. The third-order valence-corrected chi connectivity index (χ3v) is 7.81. The van der Waals surface area contributed by atoms with Gasteiger partial charge in [-0.3, -0.25) is 9.59 Å². The highest BCUT2D eigenvalue weighted by atomic mass is 16.2. The monoisotopic (exact) mass is 546 g/mol. The molecule has 0 aromatic heterocycles. The second-order valence-electron chi connectivity index (χ2n) is 10.6. The first-order chi connectivity index (χ1) is 20.0. The molecule has 1 aliphatic rings. The van der Waals surface area contributed by atoms with Gasteiger partial charge in [-0.2, -0.15) is 0 Å². The lowest BCUT2D eigenvalue weighted by atomic mass is 9.84. The van der Waals surface area contributed by atoms with Gasteiger partial charge in [0, 0.05) is 11.3 Å². The van der Waals surface area contributed by atoms with Crippen LogP contribution >= 0.6 is 0 Å². The van der Waals surface area contributed by atoms with Gasteiger partial charge in [-0.15, -0.1) is 10.2 Å². The minimum absolute atomic E-state index is 0.00975. The molecule has 208 valence electrons. The van der Waals surface area contributed by atoms with Gasteiger partial charge in [0.2, 0.25) is 5.91 Å². The molecule has 0 unspecified atom stereocenters. The Morgan fingerprint density at radius 2 is 1.46 bits per heavy atom. The highest BCUT2D eigenvalue weighted by molar-refractivity contribution is 5.96. The standard InChI is InChI=1S/C33H34N6O2/c34-37-33(38-35)36-32(41)28-14-10-23(11-15-28)22-39(30-18-16-27(17-19-30)25-6-2-1-3-7-25)31(40)21-24-12-13-26-8-4-5-9-29(26)20-24/h4-5,8-20,25,33-35H,1-3,6-7,21-22H2,(H,36,41). The van der Waals surface area contributed by atoms with Crippen molar-refractivity contribution in [2.24, 2.45) is 10.2 Å². The lowest BCUT2D eigenvalue weighted by Crippen LogP contribution is -2.32. The number of carbonyl (C=O) groups is 2. The van der Waals surface area contributed by atoms with Crippen molar-refractivity contribution in [3.8, 4) is 0 Å². The van der Waals surface area contributed by atoms with E-state index in [1.165, 1.54) is 37.7 Å². The molecule has 0 aliphatic heterocycles. The molecule has 0 saturated heterocycles. The number of hydrogen-bond acceptors (Lipinski definition) is 6. The van der Waals surface area contributed by atoms with Crippen molar-refractivity contribution in [2.75, 3.05) is 4.90 Å². The maximum Gasteiger partial charge on any atom is 0.254 e. The van der Waals surface area contributed by atoms with Gasteiger partial charge in [-0.05, 0) is 70.5 Å². The number of nitrogens with zero attached hydrogens (tertiary/aromatic N) is 3. The Kier molecular flexibility index (Phi) is 8.89. The number of hydrogen-bond donors (Lipinski definition) is 3. The normalized spacial score (nSPS) is 14.2. The van der Waals surface area contributed by atoms with Gasteiger partial charge in [0.25, 0.3) is 12.2 Å². The Morgan fingerprint density at radius 1 is 0.805 bits per heavy atom. The molecule has 0 atom stereocenters. The van der Waals surface area contributed by atoms with Crippen LogP contribution in [-0.4, -0.2) is 18.1 Å². The smallest absolute Gasteiger partial charge is 0.254 e. The number of fused-ring (bicyclic) bond motifs is 1. The van der Waals surface area contributed by atoms with Gasteiger partial charge >= 0.3 is 0 Å². The SMILES string of the molecule is N=NC(N=N)NC(=O)c1ccc(CN(C(=O)Cc2ccc3ccccc3c2)c2ccc(C3CCCCC3)cc2)cc1. The van der Waals surface area contributed by atoms with Crippen LogP contribution in [0.4, 0.5) is 5.69 Å². The van der Waals surface area contributed by atoms with E-state index in [-0.39, 0.29) is 12.3 Å². The van der Waals surface area contributed by atoms with Gasteiger partial charge in [-0.25, -0.2) is 11.1 Å². The summed E-state index contributed by atoms with van der Waals surface area (Å²) in [7, 11) is 0. The van der Waals surface area contributed by atoms with Crippen molar-refractivity contribution in [3.05, 3.63) is 113 Å². The maximum atomic E-state index is 13.8. The van der Waals surface area contributed by atoms with Crippen molar-refractivity contribution in [1.29, 1.82) is 11.1 Å². The van der Waals surface area contributed by atoms with E-state index in [0.29, 0.717) is 18.0 Å². The molecule has 1 aliphatic carbocycles. The van der Waals surface area contributed by atoms with Crippen LogP contribution in [0, 0.1) is 11.1 Å². The van der Waals surface area contributed by atoms with Crippen LogP contribution in [-0.2, 0) is 17.8 Å². The van der Waals surface area contributed by atoms with Crippen LogP contribution in [0.5, 0.6) is 0 Å². The fraction of sp³-hybridized carbons (Fsp3) is 0.273. The maximum absolute atomic E-state index is 13.8. The van der Waals surface area contributed by atoms with Crippen LogP contribution in [0.1, 0.15) is 65.1 Å². The zero-order valence-electron chi connectivity index (χ0n) is 22.9. The summed E-state index contributed by atoms with van der Waals surface area (Å²) in [5.41, 5.74) is 18.4. The first kappa shape index (κ1) is 27.8. The van der Waals surface area contributed by atoms with Crippen molar-refractivity contribution in [3.63, 3.8) is 0 Å². The number of benzene rings is 4. The summed E-state index contributed by atoms with van der Waals surface area (Å²) in [6.45, 7) is 0.351. The summed E-state index contributed by atoms with van der Waals surface area (Å²) in [6, 6.07) is 29.7. The van der Waals surface area contributed by atoms with E-state index in [1.54, 1.807) is 12.1 Å². The van der Waals surface area contributed by atoms with Gasteiger partial charge < -0.3 is 10.2 Å². The summed E-state index contributed by atoms with van der Waals surface area (Å²) in [5.74, 6) is 0.101. The lowest BCUT2D eigenvalue weighted by molar-refractivity contribution is -0.118. The molecule has 8 heteroatoms. The zero-order valence-corrected chi connectivity index (χ0v) is 22.9. The molecule has 0 spiro atoms. The molecule has 0 bridgehead atoms. The lowest BCUT2D eigenvalue weighted by Gasteiger charge is -2.26. The molecular formula is C33H34N6O2. The predicted octanol–water partition coefficient (Wildman–Crippen LogP) is 7.74.